The predicted molar refractivity (Wildman–Crippen MR) is 99.5 cm³/mol. The highest BCUT2D eigenvalue weighted by Crippen LogP contribution is 2.34. The van der Waals surface area contributed by atoms with Gasteiger partial charge >= 0.3 is 6.18 Å². The number of nitro benzene ring substituents is 1. The van der Waals surface area contributed by atoms with Gasteiger partial charge in [-0.3, -0.25) is 15.0 Å². The van der Waals surface area contributed by atoms with Gasteiger partial charge in [0.15, 0.2) is 0 Å². The van der Waals surface area contributed by atoms with Crippen LogP contribution in [0.2, 0.25) is 5.02 Å². The molecule has 3 rings (SSSR count). The second kappa shape index (κ2) is 7.92. The second-order valence-corrected chi connectivity index (χ2v) is 6.99. The first kappa shape index (κ1) is 20.3. The van der Waals surface area contributed by atoms with Crippen LogP contribution in [0.1, 0.15) is 24.1 Å². The summed E-state index contributed by atoms with van der Waals surface area (Å²) in [5.74, 6) is 0.331. The van der Waals surface area contributed by atoms with E-state index in [0.717, 1.165) is 17.8 Å². The van der Waals surface area contributed by atoms with Crippen LogP contribution in [0.25, 0.3) is 0 Å². The molecular formula is C18H18ClF3N4O2. The Balaban J connectivity index is 1.67. The molecule has 0 N–H and O–H groups in total. The minimum atomic E-state index is -4.48. The number of benzene rings is 1. The number of alkyl halides is 3. The fraction of sp³-hybridized carbons (Fsp3) is 0.389. The van der Waals surface area contributed by atoms with Crippen LogP contribution in [0, 0.1) is 10.1 Å². The highest BCUT2D eigenvalue weighted by Gasteiger charge is 2.32. The van der Waals surface area contributed by atoms with Gasteiger partial charge in [0.05, 0.1) is 15.5 Å². The number of hydrogen-bond acceptors (Lipinski definition) is 5. The Morgan fingerprint density at radius 3 is 2.46 bits per heavy atom. The molecule has 0 spiro atoms. The van der Waals surface area contributed by atoms with Crippen LogP contribution >= 0.6 is 11.6 Å². The first-order valence-corrected chi connectivity index (χ1v) is 9.00. The molecule has 1 aliphatic rings. The highest BCUT2D eigenvalue weighted by atomic mass is 35.5. The van der Waals surface area contributed by atoms with Crippen LogP contribution < -0.4 is 4.90 Å². The van der Waals surface area contributed by atoms with Gasteiger partial charge in [-0.1, -0.05) is 23.7 Å². The number of hydrogen-bond donors (Lipinski definition) is 0. The van der Waals surface area contributed by atoms with Crippen LogP contribution in [-0.4, -0.2) is 41.0 Å². The Morgan fingerprint density at radius 1 is 1.21 bits per heavy atom. The molecule has 150 valence electrons. The van der Waals surface area contributed by atoms with Crippen LogP contribution in [0.5, 0.6) is 0 Å². The average Bonchev–Trinajstić information content (AvgIpc) is 2.67. The normalized spacial score (nSPS) is 16.8. The Bertz CT molecular complexity index is 870. The number of aromatic nitrogens is 1. The first-order chi connectivity index (χ1) is 13.2. The van der Waals surface area contributed by atoms with E-state index in [9.17, 15) is 23.3 Å². The number of nitrogens with zero attached hydrogens (tertiary/aromatic N) is 4. The molecule has 1 saturated heterocycles. The number of nitro groups is 1. The second-order valence-electron chi connectivity index (χ2n) is 6.58. The molecule has 1 aromatic heterocycles. The van der Waals surface area contributed by atoms with E-state index in [2.05, 4.69) is 9.88 Å². The fourth-order valence-corrected chi connectivity index (χ4v) is 3.53. The third-order valence-electron chi connectivity index (χ3n) is 4.87. The van der Waals surface area contributed by atoms with Gasteiger partial charge < -0.3 is 4.90 Å². The highest BCUT2D eigenvalue weighted by molar-refractivity contribution is 6.33. The summed E-state index contributed by atoms with van der Waals surface area (Å²) in [5, 5.41) is 10.9. The van der Waals surface area contributed by atoms with Crippen molar-refractivity contribution in [3.8, 4) is 0 Å². The lowest BCUT2D eigenvalue weighted by atomic mass is 10.1. The van der Waals surface area contributed by atoms with Crippen LogP contribution in [0.3, 0.4) is 0 Å². The van der Waals surface area contributed by atoms with Crippen molar-refractivity contribution in [2.45, 2.75) is 19.1 Å². The maximum absolute atomic E-state index is 12.8. The van der Waals surface area contributed by atoms with Gasteiger partial charge in [0.2, 0.25) is 0 Å². The zero-order valence-electron chi connectivity index (χ0n) is 15.0. The summed E-state index contributed by atoms with van der Waals surface area (Å²) < 4.78 is 38.3. The quantitative estimate of drug-likeness (QED) is 0.542. The SMILES string of the molecule is C[C@@H](c1cccc([N+](=O)[O-])c1)N1CCN(c2ncc(C(F)(F)F)cc2Cl)CC1. The molecule has 2 heterocycles. The van der Waals surface area contributed by atoms with E-state index in [-0.39, 0.29) is 16.8 Å². The molecule has 2 aromatic rings. The predicted octanol–water partition coefficient (Wildman–Crippen LogP) is 4.55. The van der Waals surface area contributed by atoms with Gasteiger partial charge in [0.25, 0.3) is 5.69 Å². The molecule has 28 heavy (non-hydrogen) atoms. The van der Waals surface area contributed by atoms with Crippen molar-refractivity contribution in [2.24, 2.45) is 0 Å². The van der Waals surface area contributed by atoms with Crippen molar-refractivity contribution in [3.63, 3.8) is 0 Å². The summed E-state index contributed by atoms with van der Waals surface area (Å²) in [6.45, 7) is 4.30. The molecule has 0 amide bonds. The van der Waals surface area contributed by atoms with E-state index in [0.29, 0.717) is 32.0 Å². The van der Waals surface area contributed by atoms with E-state index in [1.54, 1.807) is 12.1 Å². The summed E-state index contributed by atoms with van der Waals surface area (Å²) in [7, 11) is 0. The molecular weight excluding hydrogens is 397 g/mol. The smallest absolute Gasteiger partial charge is 0.353 e. The number of pyridine rings is 1. The molecule has 1 aliphatic heterocycles. The van der Waals surface area contributed by atoms with Crippen molar-refractivity contribution in [3.05, 3.63) is 62.8 Å². The van der Waals surface area contributed by atoms with Gasteiger partial charge in [-0.25, -0.2) is 4.98 Å². The van der Waals surface area contributed by atoms with Gasteiger partial charge in [0, 0.05) is 50.6 Å². The molecule has 0 bridgehead atoms. The Hall–Kier alpha value is -2.39. The monoisotopic (exact) mass is 414 g/mol. The minimum absolute atomic E-state index is 0.0295. The minimum Gasteiger partial charge on any atom is -0.353 e. The molecule has 6 nitrogen and oxygen atoms in total. The number of non-ortho nitro benzene ring substituents is 1. The van der Waals surface area contributed by atoms with Crippen molar-refractivity contribution in [1.29, 1.82) is 0 Å². The molecule has 0 unspecified atom stereocenters. The van der Waals surface area contributed by atoms with Gasteiger partial charge in [-0.05, 0) is 18.6 Å². The Kier molecular flexibility index (Phi) is 5.76. The summed E-state index contributed by atoms with van der Waals surface area (Å²) in [6.07, 6.45) is -3.69. The molecule has 1 fully saturated rings. The van der Waals surface area contributed by atoms with Crippen LogP contribution in [0.4, 0.5) is 24.7 Å². The molecule has 1 atom stereocenters. The average molecular weight is 415 g/mol. The Labute approximate surface area is 164 Å². The molecule has 1 aromatic carbocycles. The fourth-order valence-electron chi connectivity index (χ4n) is 3.25. The maximum atomic E-state index is 12.8. The summed E-state index contributed by atoms with van der Waals surface area (Å²) in [6, 6.07) is 7.38. The van der Waals surface area contributed by atoms with E-state index < -0.39 is 16.7 Å². The van der Waals surface area contributed by atoms with Crippen LogP contribution in [-0.2, 0) is 6.18 Å². The summed E-state index contributed by atoms with van der Waals surface area (Å²) >= 11 is 6.03. The lowest BCUT2D eigenvalue weighted by Crippen LogP contribution is -2.47. The molecule has 0 aliphatic carbocycles. The van der Waals surface area contributed by atoms with E-state index in [4.69, 9.17) is 11.6 Å². The van der Waals surface area contributed by atoms with Gasteiger partial charge in [0.1, 0.15) is 5.82 Å². The zero-order valence-corrected chi connectivity index (χ0v) is 15.7. The van der Waals surface area contributed by atoms with Crippen LogP contribution in [0.15, 0.2) is 36.5 Å². The van der Waals surface area contributed by atoms with Crippen molar-refractivity contribution in [2.75, 3.05) is 31.1 Å². The van der Waals surface area contributed by atoms with E-state index >= 15 is 0 Å². The van der Waals surface area contributed by atoms with Crippen molar-refractivity contribution >= 4 is 23.1 Å². The first-order valence-electron chi connectivity index (χ1n) is 8.63. The maximum Gasteiger partial charge on any atom is 0.417 e. The summed E-state index contributed by atoms with van der Waals surface area (Å²) in [4.78, 5) is 18.5. The number of rotatable bonds is 4. The standard InChI is InChI=1S/C18H18ClF3N4O2/c1-12(13-3-2-4-15(9-13)26(27)28)24-5-7-25(8-6-24)17-16(19)10-14(11-23-17)18(20,21)22/h2-4,9-12H,5-8H2,1H3/t12-/m0/s1. The lowest BCUT2D eigenvalue weighted by molar-refractivity contribution is -0.385. The largest absolute Gasteiger partial charge is 0.417 e. The molecule has 0 radical (unpaired) electrons. The van der Waals surface area contributed by atoms with Gasteiger partial charge in [-0.2, -0.15) is 13.2 Å². The van der Waals surface area contributed by atoms with E-state index in [1.165, 1.54) is 6.07 Å². The number of halogens is 4. The van der Waals surface area contributed by atoms with Gasteiger partial charge in [-0.15, -0.1) is 0 Å². The van der Waals surface area contributed by atoms with E-state index in [1.807, 2.05) is 17.9 Å². The third kappa shape index (κ3) is 4.36. The molecule has 0 saturated carbocycles. The molecule has 10 heteroatoms. The Morgan fingerprint density at radius 2 is 1.89 bits per heavy atom. The number of piperazine rings is 1. The lowest BCUT2D eigenvalue weighted by Gasteiger charge is -2.39. The van der Waals surface area contributed by atoms with Crippen molar-refractivity contribution < 1.29 is 18.1 Å². The third-order valence-corrected chi connectivity index (χ3v) is 5.15. The summed E-state index contributed by atoms with van der Waals surface area (Å²) in [5.41, 5.74) is 0.0104. The van der Waals surface area contributed by atoms with Crippen molar-refractivity contribution in [1.82, 2.24) is 9.88 Å². The number of anilines is 1. The topological polar surface area (TPSA) is 62.5 Å². The zero-order chi connectivity index (χ0) is 20.5.